The largest absolute Gasteiger partial charge is 0.341 e. The summed E-state index contributed by atoms with van der Waals surface area (Å²) in [5.41, 5.74) is 3.43. The average molecular weight is 416 g/mol. The van der Waals surface area contributed by atoms with Gasteiger partial charge in [0.05, 0.1) is 17.3 Å². The van der Waals surface area contributed by atoms with Gasteiger partial charge in [-0.2, -0.15) is 0 Å². The number of anilines is 1. The van der Waals surface area contributed by atoms with Crippen molar-refractivity contribution in [1.82, 2.24) is 24.4 Å². The smallest absolute Gasteiger partial charge is 0.255 e. The monoisotopic (exact) mass is 416 g/mol. The zero-order valence-electron chi connectivity index (χ0n) is 17.4. The van der Waals surface area contributed by atoms with Crippen LogP contribution < -0.4 is 10.5 Å². The lowest BCUT2D eigenvalue weighted by atomic mass is 9.96. The molecule has 3 aromatic rings. The van der Waals surface area contributed by atoms with Crippen LogP contribution in [-0.2, 0) is 24.9 Å². The molecule has 0 saturated carbocycles. The van der Waals surface area contributed by atoms with Gasteiger partial charge in [-0.1, -0.05) is 24.3 Å². The molecule has 4 heterocycles. The molecule has 1 aromatic carbocycles. The van der Waals surface area contributed by atoms with Crippen LogP contribution in [0.1, 0.15) is 24.0 Å². The molecule has 1 atom stereocenters. The van der Waals surface area contributed by atoms with Crippen LogP contribution in [0.25, 0.3) is 11.4 Å². The van der Waals surface area contributed by atoms with Gasteiger partial charge in [0.1, 0.15) is 6.33 Å². The summed E-state index contributed by atoms with van der Waals surface area (Å²) in [5.74, 6) is 0.642. The van der Waals surface area contributed by atoms with E-state index in [1.807, 2.05) is 17.0 Å². The minimum atomic E-state index is -0.151. The molecule has 2 aliphatic heterocycles. The van der Waals surface area contributed by atoms with Crippen LogP contribution >= 0.6 is 0 Å². The molecule has 158 valence electrons. The number of rotatable bonds is 3. The number of fused-ring (bicyclic) bond motifs is 1. The highest BCUT2D eigenvalue weighted by Gasteiger charge is 2.33. The Hall–Kier alpha value is -3.55. The molecule has 0 bridgehead atoms. The van der Waals surface area contributed by atoms with Gasteiger partial charge in [0.2, 0.25) is 11.9 Å². The maximum Gasteiger partial charge on any atom is 0.255 e. The Balaban J connectivity index is 1.38. The van der Waals surface area contributed by atoms with Crippen molar-refractivity contribution in [1.29, 1.82) is 0 Å². The topological polar surface area (TPSA) is 84.2 Å². The van der Waals surface area contributed by atoms with Gasteiger partial charge in [-0.25, -0.2) is 15.0 Å². The first-order valence-corrected chi connectivity index (χ1v) is 10.5. The average Bonchev–Trinajstić information content (AvgIpc) is 3.25. The fourth-order valence-corrected chi connectivity index (χ4v) is 4.49. The summed E-state index contributed by atoms with van der Waals surface area (Å²) in [4.78, 5) is 42.8. The van der Waals surface area contributed by atoms with Crippen molar-refractivity contribution in [2.24, 2.45) is 13.0 Å². The molecule has 0 spiro atoms. The normalized spacial score (nSPS) is 18.2. The number of hydrogen-bond acceptors (Lipinski definition) is 6. The van der Waals surface area contributed by atoms with E-state index < -0.39 is 0 Å². The van der Waals surface area contributed by atoms with E-state index in [4.69, 9.17) is 4.98 Å². The minimum absolute atomic E-state index is 0.109. The number of carbonyl (C=O) groups is 1. The number of nitrogens with zero attached hydrogens (tertiary/aromatic N) is 6. The fourth-order valence-electron chi connectivity index (χ4n) is 4.49. The van der Waals surface area contributed by atoms with Crippen molar-refractivity contribution in [3.05, 3.63) is 70.4 Å². The van der Waals surface area contributed by atoms with Crippen LogP contribution in [0, 0.1) is 5.92 Å². The number of carbonyl (C=O) groups excluding carboxylic acids is 1. The Morgan fingerprint density at radius 1 is 1.10 bits per heavy atom. The molecule has 0 radical (unpaired) electrons. The number of piperidine rings is 1. The van der Waals surface area contributed by atoms with Gasteiger partial charge >= 0.3 is 0 Å². The predicted molar refractivity (Wildman–Crippen MR) is 116 cm³/mol. The molecule has 8 nitrogen and oxygen atoms in total. The van der Waals surface area contributed by atoms with Crippen LogP contribution in [-0.4, -0.2) is 43.4 Å². The highest BCUT2D eigenvalue weighted by Crippen LogP contribution is 2.28. The van der Waals surface area contributed by atoms with Gasteiger partial charge in [0.25, 0.3) is 5.56 Å². The molecule has 2 aliphatic rings. The minimum Gasteiger partial charge on any atom is -0.341 e. The number of amides is 1. The molecule has 1 unspecified atom stereocenters. The van der Waals surface area contributed by atoms with Crippen LogP contribution in [0.2, 0.25) is 0 Å². The van der Waals surface area contributed by atoms with Gasteiger partial charge in [0.15, 0.2) is 0 Å². The summed E-state index contributed by atoms with van der Waals surface area (Å²) < 4.78 is 1.54. The second-order valence-electron chi connectivity index (χ2n) is 8.18. The van der Waals surface area contributed by atoms with Crippen LogP contribution in [0.3, 0.4) is 0 Å². The zero-order valence-corrected chi connectivity index (χ0v) is 17.4. The zero-order chi connectivity index (χ0) is 21.4. The summed E-state index contributed by atoms with van der Waals surface area (Å²) in [5, 5.41) is 0. The van der Waals surface area contributed by atoms with Gasteiger partial charge in [-0.05, 0) is 30.0 Å². The van der Waals surface area contributed by atoms with Crippen LogP contribution in [0.15, 0.2) is 53.7 Å². The molecule has 1 amide bonds. The van der Waals surface area contributed by atoms with Crippen molar-refractivity contribution < 1.29 is 4.79 Å². The van der Waals surface area contributed by atoms with Gasteiger partial charge in [0, 0.05) is 45.5 Å². The van der Waals surface area contributed by atoms with Crippen molar-refractivity contribution in [3.8, 4) is 11.4 Å². The summed E-state index contributed by atoms with van der Waals surface area (Å²) >= 11 is 0. The summed E-state index contributed by atoms with van der Waals surface area (Å²) in [6.07, 6.45) is 4.80. The first kappa shape index (κ1) is 19.4. The van der Waals surface area contributed by atoms with Crippen molar-refractivity contribution >= 4 is 11.9 Å². The molecule has 1 fully saturated rings. The van der Waals surface area contributed by atoms with Crippen molar-refractivity contribution in [2.45, 2.75) is 25.9 Å². The summed E-state index contributed by atoms with van der Waals surface area (Å²) in [6, 6.07) is 11.4. The van der Waals surface area contributed by atoms with Gasteiger partial charge < -0.3 is 9.80 Å². The van der Waals surface area contributed by atoms with Gasteiger partial charge in [-0.15, -0.1) is 0 Å². The number of aromatic nitrogens is 4. The summed E-state index contributed by atoms with van der Waals surface area (Å²) in [7, 11) is 1.72. The first-order valence-electron chi connectivity index (χ1n) is 10.5. The SMILES string of the molecule is Cn1c(N2CCCC(C(=O)N3Cc4ccccc4C3)C2)nc(-c2ccncn2)cc1=O. The first-order chi connectivity index (χ1) is 15.1. The molecule has 0 N–H and O–H groups in total. The molecule has 2 aromatic heterocycles. The second-order valence-corrected chi connectivity index (χ2v) is 8.18. The maximum absolute atomic E-state index is 13.3. The number of hydrogen-bond donors (Lipinski definition) is 0. The lowest BCUT2D eigenvalue weighted by molar-refractivity contribution is -0.136. The molecule has 31 heavy (non-hydrogen) atoms. The van der Waals surface area contributed by atoms with E-state index in [1.165, 1.54) is 23.5 Å². The lowest BCUT2D eigenvalue weighted by Crippen LogP contribution is -2.45. The van der Waals surface area contributed by atoms with E-state index in [0.717, 1.165) is 19.4 Å². The third kappa shape index (κ3) is 3.69. The molecule has 5 rings (SSSR count). The fraction of sp³-hybridized carbons (Fsp3) is 0.348. The van der Waals surface area contributed by atoms with Crippen molar-refractivity contribution in [3.63, 3.8) is 0 Å². The van der Waals surface area contributed by atoms with Gasteiger partial charge in [-0.3, -0.25) is 14.2 Å². The Kier molecular flexibility index (Phi) is 4.97. The standard InChI is InChI=1S/C23H24N6O2/c1-27-21(30)11-20(19-8-9-24-15-25-19)26-23(27)28-10-4-7-18(14-28)22(31)29-12-16-5-2-3-6-17(16)13-29/h2-3,5-6,8-9,11,15,18H,4,7,10,12-14H2,1H3. The molecule has 1 saturated heterocycles. The quantitative estimate of drug-likeness (QED) is 0.649. The van der Waals surface area contributed by atoms with Crippen molar-refractivity contribution in [2.75, 3.05) is 18.0 Å². The Morgan fingerprint density at radius 3 is 2.58 bits per heavy atom. The van der Waals surface area contributed by atoms with E-state index in [0.29, 0.717) is 37.0 Å². The van der Waals surface area contributed by atoms with E-state index in [9.17, 15) is 9.59 Å². The highest BCUT2D eigenvalue weighted by atomic mass is 16.2. The van der Waals surface area contributed by atoms with E-state index in [2.05, 4.69) is 27.0 Å². The Morgan fingerprint density at radius 2 is 1.87 bits per heavy atom. The Bertz CT molecular complexity index is 1150. The molecule has 0 aliphatic carbocycles. The Labute approximate surface area is 180 Å². The number of benzene rings is 1. The molecule has 8 heteroatoms. The van der Waals surface area contributed by atoms with Crippen LogP contribution in [0.4, 0.5) is 5.95 Å². The van der Waals surface area contributed by atoms with E-state index in [-0.39, 0.29) is 17.4 Å². The third-order valence-electron chi connectivity index (χ3n) is 6.16. The van der Waals surface area contributed by atoms with E-state index >= 15 is 0 Å². The lowest BCUT2D eigenvalue weighted by Gasteiger charge is -2.35. The van der Waals surface area contributed by atoms with E-state index in [1.54, 1.807) is 23.9 Å². The highest BCUT2D eigenvalue weighted by molar-refractivity contribution is 5.80. The molecular weight excluding hydrogens is 392 g/mol. The maximum atomic E-state index is 13.3. The van der Waals surface area contributed by atoms with Crippen LogP contribution in [0.5, 0.6) is 0 Å². The second kappa shape index (κ2) is 7.94. The predicted octanol–water partition coefficient (Wildman–Crippen LogP) is 2.00. The summed E-state index contributed by atoms with van der Waals surface area (Å²) in [6.45, 7) is 2.66. The molecular formula is C23H24N6O2. The third-order valence-corrected chi connectivity index (χ3v) is 6.16.